The molecular formula is C15H19N3OS3. The van der Waals surface area contributed by atoms with Crippen molar-refractivity contribution in [1.29, 1.82) is 0 Å². The molecule has 0 radical (unpaired) electrons. The third kappa shape index (κ3) is 5.62. The van der Waals surface area contributed by atoms with Gasteiger partial charge in [0.05, 0.1) is 11.8 Å². The fourth-order valence-electron chi connectivity index (χ4n) is 1.74. The Bertz CT molecular complexity index is 589. The molecule has 0 aliphatic carbocycles. The van der Waals surface area contributed by atoms with Gasteiger partial charge < -0.3 is 5.32 Å². The zero-order valence-corrected chi connectivity index (χ0v) is 15.1. The third-order valence-electron chi connectivity index (χ3n) is 2.82. The number of aromatic nitrogens is 2. The van der Waals surface area contributed by atoms with Crippen LogP contribution in [-0.4, -0.2) is 27.6 Å². The molecule has 0 saturated heterocycles. The first-order valence-corrected chi connectivity index (χ1v) is 9.91. The molecule has 0 bridgehead atoms. The maximum Gasteiger partial charge on any atom is 0.230 e. The van der Waals surface area contributed by atoms with Crippen molar-refractivity contribution in [2.75, 3.05) is 11.5 Å². The number of benzene rings is 1. The van der Waals surface area contributed by atoms with Gasteiger partial charge in [0.1, 0.15) is 0 Å². The van der Waals surface area contributed by atoms with E-state index >= 15 is 0 Å². The molecule has 0 aliphatic heterocycles. The second-order valence-corrected chi connectivity index (χ2v) is 8.21. The maximum atomic E-state index is 12.0. The van der Waals surface area contributed by atoms with Crippen molar-refractivity contribution in [3.05, 3.63) is 35.9 Å². The average Bonchev–Trinajstić information content (AvgIpc) is 2.99. The summed E-state index contributed by atoms with van der Waals surface area (Å²) >= 11 is 4.71. The van der Waals surface area contributed by atoms with E-state index in [1.807, 2.05) is 37.3 Å². The number of amides is 1. The molecular weight excluding hydrogens is 334 g/mol. The smallest absolute Gasteiger partial charge is 0.230 e. The van der Waals surface area contributed by atoms with E-state index in [1.54, 1.807) is 23.1 Å². The highest BCUT2D eigenvalue weighted by atomic mass is 32.2. The van der Waals surface area contributed by atoms with Crippen molar-refractivity contribution < 1.29 is 4.79 Å². The molecule has 1 aromatic heterocycles. The molecule has 1 aromatic carbocycles. The minimum absolute atomic E-state index is 0.0133. The molecule has 0 saturated carbocycles. The summed E-state index contributed by atoms with van der Waals surface area (Å²) < 4.78 is 1.82. The summed E-state index contributed by atoms with van der Waals surface area (Å²) in [6.07, 6.45) is 1.12. The normalized spacial score (nSPS) is 12.1. The minimum atomic E-state index is 0.0133. The van der Waals surface area contributed by atoms with Gasteiger partial charge in [-0.25, -0.2) is 0 Å². The van der Waals surface area contributed by atoms with E-state index in [-0.39, 0.29) is 11.9 Å². The van der Waals surface area contributed by atoms with E-state index in [0.717, 1.165) is 26.4 Å². The molecule has 0 aliphatic rings. The predicted octanol–water partition coefficient (Wildman–Crippen LogP) is 4.01. The van der Waals surface area contributed by atoms with Crippen LogP contribution in [0.25, 0.3) is 0 Å². The Hall–Kier alpha value is -1.05. The standard InChI is InChI=1S/C15H19N3OS3/c1-3-9-20-14-17-18-15(22-14)21-10-13(19)16-11(2)12-7-5-4-6-8-12/h4-8,11H,3,9-10H2,1-2H3,(H,16,19)/t11-/m0/s1. The molecule has 1 amide bonds. The average molecular weight is 354 g/mol. The van der Waals surface area contributed by atoms with Gasteiger partial charge in [-0.3, -0.25) is 4.79 Å². The molecule has 4 nitrogen and oxygen atoms in total. The van der Waals surface area contributed by atoms with Crippen LogP contribution < -0.4 is 5.32 Å². The first-order chi connectivity index (χ1) is 10.7. The molecule has 1 N–H and O–H groups in total. The Morgan fingerprint density at radius 1 is 1.23 bits per heavy atom. The molecule has 0 unspecified atom stereocenters. The first kappa shape index (κ1) is 17.3. The van der Waals surface area contributed by atoms with Crippen LogP contribution in [0.5, 0.6) is 0 Å². The fraction of sp³-hybridized carbons (Fsp3) is 0.400. The largest absolute Gasteiger partial charge is 0.349 e. The molecule has 0 fully saturated rings. The van der Waals surface area contributed by atoms with Crippen molar-refractivity contribution >= 4 is 40.8 Å². The SMILES string of the molecule is CCCSc1nnc(SCC(=O)N[C@@H](C)c2ccccc2)s1. The first-order valence-electron chi connectivity index (χ1n) is 7.12. The molecule has 1 heterocycles. The van der Waals surface area contributed by atoms with Gasteiger partial charge in [0.25, 0.3) is 0 Å². The zero-order valence-electron chi connectivity index (χ0n) is 12.6. The molecule has 2 aromatic rings. The van der Waals surface area contributed by atoms with Crippen molar-refractivity contribution in [2.45, 2.75) is 35.0 Å². The number of hydrogen-bond acceptors (Lipinski definition) is 6. The fourth-order valence-corrected chi connectivity index (χ4v) is 4.50. The van der Waals surface area contributed by atoms with Gasteiger partial charge in [0.15, 0.2) is 8.68 Å². The van der Waals surface area contributed by atoms with Gasteiger partial charge in [0.2, 0.25) is 5.91 Å². The van der Waals surface area contributed by atoms with E-state index in [2.05, 4.69) is 22.4 Å². The highest BCUT2D eigenvalue weighted by Crippen LogP contribution is 2.28. The number of hydrogen-bond donors (Lipinski definition) is 1. The van der Waals surface area contributed by atoms with Crippen LogP contribution in [-0.2, 0) is 4.79 Å². The van der Waals surface area contributed by atoms with Gasteiger partial charge in [-0.05, 0) is 18.9 Å². The molecule has 2 rings (SSSR count). The molecule has 7 heteroatoms. The van der Waals surface area contributed by atoms with Crippen molar-refractivity contribution in [2.24, 2.45) is 0 Å². The van der Waals surface area contributed by atoms with E-state index in [4.69, 9.17) is 0 Å². The van der Waals surface area contributed by atoms with Crippen LogP contribution in [0.3, 0.4) is 0 Å². The van der Waals surface area contributed by atoms with Crippen LogP contribution in [0, 0.1) is 0 Å². The summed E-state index contributed by atoms with van der Waals surface area (Å²) in [5, 5.41) is 11.2. The third-order valence-corrected chi connectivity index (χ3v) is 6.22. The van der Waals surface area contributed by atoms with Crippen LogP contribution in [0.2, 0.25) is 0 Å². The molecule has 22 heavy (non-hydrogen) atoms. The number of carbonyl (C=O) groups is 1. The van der Waals surface area contributed by atoms with Crippen molar-refractivity contribution in [1.82, 2.24) is 15.5 Å². The number of rotatable bonds is 8. The van der Waals surface area contributed by atoms with Gasteiger partial charge >= 0.3 is 0 Å². The zero-order chi connectivity index (χ0) is 15.8. The molecule has 0 spiro atoms. The Balaban J connectivity index is 1.76. The van der Waals surface area contributed by atoms with E-state index in [0.29, 0.717) is 5.75 Å². The van der Waals surface area contributed by atoms with E-state index in [1.165, 1.54) is 11.8 Å². The summed E-state index contributed by atoms with van der Waals surface area (Å²) in [4.78, 5) is 12.0. The highest BCUT2D eigenvalue weighted by Gasteiger charge is 2.11. The van der Waals surface area contributed by atoms with E-state index in [9.17, 15) is 4.79 Å². The number of carbonyl (C=O) groups excluding carboxylic acids is 1. The van der Waals surface area contributed by atoms with Crippen LogP contribution in [0.15, 0.2) is 39.0 Å². The van der Waals surface area contributed by atoms with Crippen LogP contribution in [0.4, 0.5) is 0 Å². The van der Waals surface area contributed by atoms with Gasteiger partial charge in [-0.2, -0.15) is 0 Å². The van der Waals surface area contributed by atoms with Crippen LogP contribution >= 0.6 is 34.9 Å². The second-order valence-electron chi connectivity index (χ2n) is 4.67. The lowest BCUT2D eigenvalue weighted by Crippen LogP contribution is -2.28. The Morgan fingerprint density at radius 2 is 1.91 bits per heavy atom. The molecule has 1 atom stereocenters. The highest BCUT2D eigenvalue weighted by molar-refractivity contribution is 8.03. The quantitative estimate of drug-likeness (QED) is 0.727. The number of nitrogens with one attached hydrogen (secondary N) is 1. The van der Waals surface area contributed by atoms with Gasteiger partial charge in [-0.1, -0.05) is 72.1 Å². The second kappa shape index (κ2) is 9.17. The summed E-state index contributed by atoms with van der Waals surface area (Å²) in [7, 11) is 0. The van der Waals surface area contributed by atoms with Crippen LogP contribution in [0.1, 0.15) is 31.9 Å². The Morgan fingerprint density at radius 3 is 2.59 bits per heavy atom. The van der Waals surface area contributed by atoms with Crippen molar-refractivity contribution in [3.63, 3.8) is 0 Å². The lowest BCUT2D eigenvalue weighted by Gasteiger charge is -2.13. The topological polar surface area (TPSA) is 54.9 Å². The number of thioether (sulfide) groups is 2. The Kier molecular flexibility index (Phi) is 7.21. The maximum absolute atomic E-state index is 12.0. The predicted molar refractivity (Wildman–Crippen MR) is 94.6 cm³/mol. The van der Waals surface area contributed by atoms with Crippen molar-refractivity contribution in [3.8, 4) is 0 Å². The van der Waals surface area contributed by atoms with Gasteiger partial charge in [-0.15, -0.1) is 10.2 Å². The summed E-state index contributed by atoms with van der Waals surface area (Å²) in [6.45, 7) is 4.13. The minimum Gasteiger partial charge on any atom is -0.349 e. The Labute approximate surface area is 143 Å². The van der Waals surface area contributed by atoms with Gasteiger partial charge in [0, 0.05) is 5.75 Å². The number of nitrogens with zero attached hydrogens (tertiary/aromatic N) is 2. The lowest BCUT2D eigenvalue weighted by molar-refractivity contribution is -0.119. The van der Waals surface area contributed by atoms with E-state index < -0.39 is 0 Å². The lowest BCUT2D eigenvalue weighted by atomic mass is 10.1. The molecule has 118 valence electrons. The summed E-state index contributed by atoms with van der Waals surface area (Å²) in [5.41, 5.74) is 1.11. The summed E-state index contributed by atoms with van der Waals surface area (Å²) in [6, 6.07) is 9.96. The monoisotopic (exact) mass is 353 g/mol. The summed E-state index contributed by atoms with van der Waals surface area (Å²) in [5.74, 6) is 1.43.